The highest BCUT2D eigenvalue weighted by molar-refractivity contribution is 7.22. The molecule has 1 aromatic heterocycles. The molecule has 0 saturated heterocycles. The molecule has 0 bridgehead atoms. The zero-order valence-corrected chi connectivity index (χ0v) is 9.68. The van der Waals surface area contributed by atoms with Crippen LogP contribution in [-0.2, 0) is 0 Å². The number of hydrogen-bond donors (Lipinski definition) is 1. The summed E-state index contributed by atoms with van der Waals surface area (Å²) in [5, 5.41) is 0. The van der Waals surface area contributed by atoms with E-state index in [4.69, 9.17) is 17.3 Å². The standard InChI is InChI=1S/C11H11ClN2S/c12-11-14-9-5-4-8(3-1-2-6-13)7-10(9)15-11/h1,3-5,7H,2,6,13H2. The normalized spacial score (nSPS) is 11.6. The lowest BCUT2D eigenvalue weighted by molar-refractivity contribution is 1.01. The Morgan fingerprint density at radius 3 is 3.13 bits per heavy atom. The number of thiazole rings is 1. The Morgan fingerprint density at radius 1 is 1.47 bits per heavy atom. The maximum absolute atomic E-state index is 5.84. The van der Waals surface area contributed by atoms with Crippen molar-refractivity contribution in [3.05, 3.63) is 34.3 Å². The van der Waals surface area contributed by atoms with Crippen LogP contribution in [0.1, 0.15) is 12.0 Å². The minimum Gasteiger partial charge on any atom is -0.330 e. The monoisotopic (exact) mass is 238 g/mol. The van der Waals surface area contributed by atoms with Crippen molar-refractivity contribution < 1.29 is 0 Å². The molecule has 2 nitrogen and oxygen atoms in total. The third-order valence-electron chi connectivity index (χ3n) is 2.03. The second kappa shape index (κ2) is 4.75. The van der Waals surface area contributed by atoms with Crippen molar-refractivity contribution in [2.45, 2.75) is 6.42 Å². The van der Waals surface area contributed by atoms with Gasteiger partial charge in [-0.1, -0.05) is 29.8 Å². The third-order valence-corrected chi connectivity index (χ3v) is 3.15. The van der Waals surface area contributed by atoms with E-state index in [9.17, 15) is 0 Å². The lowest BCUT2D eigenvalue weighted by atomic mass is 10.2. The average Bonchev–Trinajstić information content (AvgIpc) is 2.57. The number of fused-ring (bicyclic) bond motifs is 1. The highest BCUT2D eigenvalue weighted by Gasteiger charge is 2.00. The van der Waals surface area contributed by atoms with E-state index in [0.717, 1.165) is 22.2 Å². The van der Waals surface area contributed by atoms with Crippen LogP contribution >= 0.6 is 22.9 Å². The van der Waals surface area contributed by atoms with Crippen LogP contribution in [0.2, 0.25) is 4.47 Å². The molecular weight excluding hydrogens is 228 g/mol. The molecule has 4 heteroatoms. The fraction of sp³-hybridized carbons (Fsp3) is 0.182. The number of hydrogen-bond acceptors (Lipinski definition) is 3. The molecule has 1 aromatic carbocycles. The highest BCUT2D eigenvalue weighted by atomic mass is 35.5. The summed E-state index contributed by atoms with van der Waals surface area (Å²) in [4.78, 5) is 4.19. The molecule has 0 aliphatic rings. The van der Waals surface area contributed by atoms with Gasteiger partial charge in [0.1, 0.15) is 0 Å². The van der Waals surface area contributed by atoms with Gasteiger partial charge in [0.05, 0.1) is 10.2 Å². The molecule has 0 fully saturated rings. The first-order chi connectivity index (χ1) is 7.29. The molecule has 0 atom stereocenters. The quantitative estimate of drug-likeness (QED) is 0.891. The van der Waals surface area contributed by atoms with Crippen molar-refractivity contribution in [1.82, 2.24) is 4.98 Å². The van der Waals surface area contributed by atoms with Crippen molar-refractivity contribution in [3.63, 3.8) is 0 Å². The summed E-state index contributed by atoms with van der Waals surface area (Å²) in [5.74, 6) is 0. The van der Waals surface area contributed by atoms with Crippen LogP contribution in [0.4, 0.5) is 0 Å². The van der Waals surface area contributed by atoms with E-state index in [0.29, 0.717) is 11.0 Å². The highest BCUT2D eigenvalue weighted by Crippen LogP contribution is 2.26. The summed E-state index contributed by atoms with van der Waals surface area (Å²) in [6.07, 6.45) is 5.05. The minimum absolute atomic E-state index is 0.591. The van der Waals surface area contributed by atoms with Gasteiger partial charge in [0, 0.05) is 0 Å². The second-order valence-corrected chi connectivity index (χ2v) is 4.79. The largest absolute Gasteiger partial charge is 0.330 e. The number of rotatable bonds is 3. The van der Waals surface area contributed by atoms with E-state index in [-0.39, 0.29) is 0 Å². The summed E-state index contributed by atoms with van der Waals surface area (Å²) >= 11 is 7.34. The van der Waals surface area contributed by atoms with Gasteiger partial charge in [-0.3, -0.25) is 0 Å². The molecule has 0 unspecified atom stereocenters. The van der Waals surface area contributed by atoms with Gasteiger partial charge in [-0.05, 0) is 30.7 Å². The van der Waals surface area contributed by atoms with Gasteiger partial charge >= 0.3 is 0 Å². The van der Waals surface area contributed by atoms with E-state index in [1.54, 1.807) is 0 Å². The number of benzene rings is 1. The lowest BCUT2D eigenvalue weighted by Gasteiger charge is -1.92. The van der Waals surface area contributed by atoms with Gasteiger partial charge in [-0.15, -0.1) is 11.3 Å². The molecule has 0 aliphatic carbocycles. The molecule has 2 rings (SSSR count). The van der Waals surface area contributed by atoms with Crippen LogP contribution in [0, 0.1) is 0 Å². The molecule has 0 radical (unpaired) electrons. The molecule has 0 aliphatic heterocycles. The van der Waals surface area contributed by atoms with Gasteiger partial charge in [0.25, 0.3) is 0 Å². The van der Waals surface area contributed by atoms with Crippen LogP contribution in [0.3, 0.4) is 0 Å². The van der Waals surface area contributed by atoms with E-state index in [1.165, 1.54) is 11.3 Å². The maximum Gasteiger partial charge on any atom is 0.184 e. The number of halogens is 1. The summed E-state index contributed by atoms with van der Waals surface area (Å²) < 4.78 is 1.71. The van der Waals surface area contributed by atoms with E-state index < -0.39 is 0 Å². The predicted octanol–water partition coefficient (Wildman–Crippen LogP) is 3.31. The Labute approximate surface area is 97.4 Å². The predicted molar refractivity (Wildman–Crippen MR) is 67.3 cm³/mol. The molecule has 1 heterocycles. The van der Waals surface area contributed by atoms with Gasteiger partial charge in [0.15, 0.2) is 4.47 Å². The number of aromatic nitrogens is 1. The molecule has 2 N–H and O–H groups in total. The Morgan fingerprint density at radius 2 is 2.33 bits per heavy atom. The van der Waals surface area contributed by atoms with Crippen LogP contribution in [0.25, 0.3) is 16.3 Å². The molecule has 2 aromatic rings. The van der Waals surface area contributed by atoms with Crippen molar-refractivity contribution in [2.24, 2.45) is 5.73 Å². The number of nitrogens with two attached hydrogens (primary N) is 1. The van der Waals surface area contributed by atoms with E-state index in [1.807, 2.05) is 12.1 Å². The molecule has 0 amide bonds. The number of nitrogens with zero attached hydrogens (tertiary/aromatic N) is 1. The Balaban J connectivity index is 2.30. The Bertz CT molecular complexity index is 490. The Hall–Kier alpha value is -0.900. The summed E-state index contributed by atoms with van der Waals surface area (Å²) in [6.45, 7) is 0.686. The topological polar surface area (TPSA) is 38.9 Å². The first-order valence-electron chi connectivity index (χ1n) is 4.72. The van der Waals surface area contributed by atoms with Gasteiger partial charge in [-0.25, -0.2) is 4.98 Å². The summed E-state index contributed by atoms with van der Waals surface area (Å²) in [6, 6.07) is 6.11. The molecule has 15 heavy (non-hydrogen) atoms. The smallest absolute Gasteiger partial charge is 0.184 e. The zero-order valence-electron chi connectivity index (χ0n) is 8.11. The van der Waals surface area contributed by atoms with Crippen molar-refractivity contribution in [2.75, 3.05) is 6.54 Å². The SMILES string of the molecule is NCCC=Cc1ccc2nc(Cl)sc2c1. The van der Waals surface area contributed by atoms with Gasteiger partial charge in [-0.2, -0.15) is 0 Å². The van der Waals surface area contributed by atoms with Crippen LogP contribution in [-0.4, -0.2) is 11.5 Å². The average molecular weight is 239 g/mol. The molecule has 78 valence electrons. The van der Waals surface area contributed by atoms with Crippen molar-refractivity contribution >= 4 is 39.2 Å². The maximum atomic E-state index is 5.84. The second-order valence-electron chi connectivity index (χ2n) is 3.17. The first-order valence-corrected chi connectivity index (χ1v) is 5.92. The fourth-order valence-electron chi connectivity index (χ4n) is 1.33. The molecule has 0 spiro atoms. The Kier molecular flexibility index (Phi) is 3.36. The van der Waals surface area contributed by atoms with Crippen molar-refractivity contribution in [1.29, 1.82) is 0 Å². The van der Waals surface area contributed by atoms with Crippen LogP contribution in [0.15, 0.2) is 24.3 Å². The summed E-state index contributed by atoms with van der Waals surface area (Å²) in [5.41, 5.74) is 7.53. The van der Waals surface area contributed by atoms with Crippen molar-refractivity contribution in [3.8, 4) is 0 Å². The van der Waals surface area contributed by atoms with E-state index in [2.05, 4.69) is 23.2 Å². The van der Waals surface area contributed by atoms with Gasteiger partial charge < -0.3 is 5.73 Å². The lowest BCUT2D eigenvalue weighted by Crippen LogP contribution is -1.94. The molecule has 0 saturated carbocycles. The zero-order chi connectivity index (χ0) is 10.7. The first kappa shape index (κ1) is 10.6. The van der Waals surface area contributed by atoms with Crippen LogP contribution in [0.5, 0.6) is 0 Å². The van der Waals surface area contributed by atoms with E-state index >= 15 is 0 Å². The molecular formula is C11H11ClN2S. The fourth-order valence-corrected chi connectivity index (χ4v) is 2.41. The minimum atomic E-state index is 0.591. The van der Waals surface area contributed by atoms with Crippen LogP contribution < -0.4 is 5.73 Å². The van der Waals surface area contributed by atoms with Gasteiger partial charge in [0.2, 0.25) is 0 Å². The third kappa shape index (κ3) is 2.56. The summed E-state index contributed by atoms with van der Waals surface area (Å²) in [7, 11) is 0.